The molecule has 0 saturated heterocycles. The van der Waals surface area contributed by atoms with Gasteiger partial charge in [0.25, 0.3) is 0 Å². The molecular weight excluding hydrogens is 308 g/mol. The quantitative estimate of drug-likeness (QED) is 0.794. The number of carbonyl (C=O) groups is 2. The number of hydrogen-bond donors (Lipinski definition) is 0. The highest BCUT2D eigenvalue weighted by atomic mass is 16.5. The van der Waals surface area contributed by atoms with Crippen molar-refractivity contribution in [3.8, 4) is 5.75 Å². The minimum Gasteiger partial charge on any atom is -0.496 e. The Morgan fingerprint density at radius 2 is 2.08 bits per heavy atom. The Kier molecular flexibility index (Phi) is 4.88. The molecule has 0 radical (unpaired) electrons. The molecule has 1 aromatic rings. The number of esters is 1. The number of hydrogen-bond acceptors (Lipinski definition) is 5. The first kappa shape index (κ1) is 16.6. The second-order valence-electron chi connectivity index (χ2n) is 6.16. The Hall–Kier alpha value is -2.30. The fourth-order valence-electron chi connectivity index (χ4n) is 3.40. The van der Waals surface area contributed by atoms with E-state index in [2.05, 4.69) is 0 Å². The molecule has 128 valence electrons. The lowest BCUT2D eigenvalue weighted by molar-refractivity contribution is -0.154. The zero-order valence-corrected chi connectivity index (χ0v) is 14.0. The van der Waals surface area contributed by atoms with Crippen LogP contribution in [0.2, 0.25) is 0 Å². The number of allylic oxidation sites excluding steroid dienone is 1. The van der Waals surface area contributed by atoms with Crippen molar-refractivity contribution >= 4 is 17.3 Å². The van der Waals surface area contributed by atoms with Gasteiger partial charge in [0.05, 0.1) is 24.9 Å². The smallest absolute Gasteiger partial charge is 0.305 e. The maximum atomic E-state index is 12.9. The molecule has 0 N–H and O–H groups in total. The second kappa shape index (κ2) is 7.07. The van der Waals surface area contributed by atoms with Gasteiger partial charge in [0, 0.05) is 18.4 Å². The van der Waals surface area contributed by atoms with E-state index in [1.807, 2.05) is 24.3 Å². The van der Waals surface area contributed by atoms with Crippen molar-refractivity contribution in [3.63, 3.8) is 0 Å². The van der Waals surface area contributed by atoms with E-state index in [0.717, 1.165) is 5.56 Å². The molecule has 5 nitrogen and oxygen atoms in total. The van der Waals surface area contributed by atoms with Crippen LogP contribution in [0.25, 0.3) is 5.57 Å². The molecule has 1 fully saturated rings. The summed E-state index contributed by atoms with van der Waals surface area (Å²) in [7, 11) is 1.59. The fraction of sp³-hybridized carbons (Fsp3) is 0.474. The molecule has 1 aliphatic heterocycles. The molecule has 1 aromatic carbocycles. The summed E-state index contributed by atoms with van der Waals surface area (Å²) >= 11 is 0. The van der Waals surface area contributed by atoms with Crippen molar-refractivity contribution in [1.82, 2.24) is 0 Å². The first-order chi connectivity index (χ1) is 11.6. The van der Waals surface area contributed by atoms with Crippen molar-refractivity contribution in [2.75, 3.05) is 7.11 Å². The molecule has 3 unspecified atom stereocenters. The van der Waals surface area contributed by atoms with Crippen LogP contribution in [0.5, 0.6) is 5.75 Å². The van der Waals surface area contributed by atoms with Crippen LogP contribution < -0.4 is 4.74 Å². The molecule has 2 aliphatic rings. The fourth-order valence-corrected chi connectivity index (χ4v) is 3.40. The van der Waals surface area contributed by atoms with Crippen molar-refractivity contribution in [2.24, 2.45) is 5.92 Å². The van der Waals surface area contributed by atoms with E-state index in [-0.39, 0.29) is 29.9 Å². The topological polar surface area (TPSA) is 61.8 Å². The summed E-state index contributed by atoms with van der Waals surface area (Å²) in [6.07, 6.45) is 3.44. The summed E-state index contributed by atoms with van der Waals surface area (Å²) in [5, 5.41) is 0. The van der Waals surface area contributed by atoms with Gasteiger partial charge in [-0.25, -0.2) is 0 Å². The lowest BCUT2D eigenvalue weighted by Gasteiger charge is -2.37. The average Bonchev–Trinajstić information content (AvgIpc) is 2.62. The first-order valence-corrected chi connectivity index (χ1v) is 8.36. The number of ketones is 1. The Morgan fingerprint density at radius 1 is 1.29 bits per heavy atom. The van der Waals surface area contributed by atoms with Crippen molar-refractivity contribution in [2.45, 2.75) is 44.8 Å². The second-order valence-corrected chi connectivity index (χ2v) is 6.16. The minimum absolute atomic E-state index is 0.0796. The van der Waals surface area contributed by atoms with Crippen LogP contribution in [0.4, 0.5) is 0 Å². The standard InChI is InChI=1S/C19H22O5/c1-3-18(20)24-12-8-9-14-17(10-12)23-11-15(19(14)21)13-6-4-5-7-16(13)22-2/h4-7,11-12,14,17H,3,8-10H2,1-2H3. The van der Waals surface area contributed by atoms with Crippen LogP contribution in [-0.2, 0) is 19.1 Å². The molecule has 0 aromatic heterocycles. The first-order valence-electron chi connectivity index (χ1n) is 8.36. The van der Waals surface area contributed by atoms with Gasteiger partial charge < -0.3 is 14.2 Å². The van der Waals surface area contributed by atoms with Gasteiger partial charge in [-0.2, -0.15) is 0 Å². The minimum atomic E-state index is -0.223. The molecule has 1 heterocycles. The van der Waals surface area contributed by atoms with Crippen molar-refractivity contribution in [1.29, 1.82) is 0 Å². The highest BCUT2D eigenvalue weighted by Gasteiger charge is 2.41. The summed E-state index contributed by atoms with van der Waals surface area (Å²) in [6.45, 7) is 1.77. The predicted octanol–water partition coefficient (Wildman–Crippen LogP) is 3.13. The van der Waals surface area contributed by atoms with Gasteiger partial charge in [-0.1, -0.05) is 25.1 Å². The number of fused-ring (bicyclic) bond motifs is 1. The van der Waals surface area contributed by atoms with Gasteiger partial charge in [0.2, 0.25) is 0 Å². The van der Waals surface area contributed by atoms with Gasteiger partial charge in [0.15, 0.2) is 5.78 Å². The molecule has 5 heteroatoms. The van der Waals surface area contributed by atoms with Crippen LogP contribution in [0, 0.1) is 5.92 Å². The van der Waals surface area contributed by atoms with Gasteiger partial charge in [-0.3, -0.25) is 9.59 Å². The number of benzene rings is 1. The van der Waals surface area contributed by atoms with Crippen LogP contribution in [0.15, 0.2) is 30.5 Å². The average molecular weight is 330 g/mol. The van der Waals surface area contributed by atoms with E-state index in [1.165, 1.54) is 6.26 Å². The lowest BCUT2D eigenvalue weighted by Crippen LogP contribution is -2.41. The third-order valence-electron chi connectivity index (χ3n) is 4.69. The van der Waals surface area contributed by atoms with Crippen molar-refractivity contribution in [3.05, 3.63) is 36.1 Å². The third kappa shape index (κ3) is 3.16. The van der Waals surface area contributed by atoms with E-state index in [1.54, 1.807) is 14.0 Å². The lowest BCUT2D eigenvalue weighted by atomic mass is 9.77. The molecule has 0 amide bonds. The van der Waals surface area contributed by atoms with Crippen molar-refractivity contribution < 1.29 is 23.8 Å². The van der Waals surface area contributed by atoms with Crippen LogP contribution in [0.3, 0.4) is 0 Å². The number of para-hydroxylation sites is 1. The largest absolute Gasteiger partial charge is 0.496 e. The van der Waals surface area contributed by atoms with E-state index in [4.69, 9.17) is 14.2 Å². The molecule has 3 atom stereocenters. The van der Waals surface area contributed by atoms with Crippen LogP contribution in [-0.4, -0.2) is 31.1 Å². The zero-order valence-electron chi connectivity index (χ0n) is 14.0. The van der Waals surface area contributed by atoms with E-state index >= 15 is 0 Å². The van der Waals surface area contributed by atoms with Crippen LogP contribution >= 0.6 is 0 Å². The molecule has 24 heavy (non-hydrogen) atoms. The van der Waals surface area contributed by atoms with Gasteiger partial charge in [-0.15, -0.1) is 0 Å². The van der Waals surface area contributed by atoms with Gasteiger partial charge in [0.1, 0.15) is 18.0 Å². The number of ether oxygens (including phenoxy) is 3. The maximum Gasteiger partial charge on any atom is 0.305 e. The number of rotatable bonds is 4. The molecule has 0 spiro atoms. The van der Waals surface area contributed by atoms with E-state index in [0.29, 0.717) is 37.0 Å². The number of methoxy groups -OCH3 is 1. The van der Waals surface area contributed by atoms with E-state index < -0.39 is 0 Å². The van der Waals surface area contributed by atoms with Gasteiger partial charge >= 0.3 is 5.97 Å². The summed E-state index contributed by atoms with van der Waals surface area (Å²) in [4.78, 5) is 24.4. The SMILES string of the molecule is CCC(=O)OC1CCC2C(=O)C(c3ccccc3OC)=COC2C1. The highest BCUT2D eigenvalue weighted by Crippen LogP contribution is 2.39. The van der Waals surface area contributed by atoms with Gasteiger partial charge in [-0.05, 0) is 18.9 Å². The maximum absolute atomic E-state index is 12.9. The summed E-state index contributed by atoms with van der Waals surface area (Å²) in [5.74, 6) is 0.345. The normalized spacial score (nSPS) is 26.0. The Morgan fingerprint density at radius 3 is 2.83 bits per heavy atom. The van der Waals surface area contributed by atoms with Crippen LogP contribution in [0.1, 0.15) is 38.2 Å². The Balaban J connectivity index is 1.77. The Labute approximate surface area is 141 Å². The zero-order chi connectivity index (χ0) is 17.1. The molecule has 1 saturated carbocycles. The summed E-state index contributed by atoms with van der Waals surface area (Å²) in [5.41, 5.74) is 1.31. The predicted molar refractivity (Wildman–Crippen MR) is 88.4 cm³/mol. The van der Waals surface area contributed by atoms with E-state index in [9.17, 15) is 9.59 Å². The molecule has 3 rings (SSSR count). The Bertz CT molecular complexity index is 663. The molecule has 1 aliphatic carbocycles. The number of carbonyl (C=O) groups excluding carboxylic acids is 2. The molecular formula is C19H22O5. The monoisotopic (exact) mass is 330 g/mol. The third-order valence-corrected chi connectivity index (χ3v) is 4.69. The molecule has 0 bridgehead atoms. The summed E-state index contributed by atoms with van der Waals surface area (Å²) < 4.78 is 16.6. The highest BCUT2D eigenvalue weighted by molar-refractivity contribution is 6.22. The summed E-state index contributed by atoms with van der Waals surface area (Å²) in [6, 6.07) is 7.43. The number of Topliss-reactive ketones (excluding diaryl/α,β-unsaturated/α-hetero) is 1.